The number of anilines is 1. The van der Waals surface area contributed by atoms with Crippen molar-refractivity contribution in [2.24, 2.45) is 0 Å². The second-order valence-electron chi connectivity index (χ2n) is 6.30. The second kappa shape index (κ2) is 4.86. The number of aromatic nitrogens is 2. The van der Waals surface area contributed by atoms with Gasteiger partial charge < -0.3 is 19.7 Å². The molecule has 0 amide bonds. The molecule has 0 spiro atoms. The zero-order valence-electron chi connectivity index (χ0n) is 13.6. The highest BCUT2D eigenvalue weighted by Crippen LogP contribution is 2.44. The number of benzene rings is 2. The first-order valence-corrected chi connectivity index (χ1v) is 8.10. The molecule has 124 valence electrons. The number of H-pyrrole nitrogens is 1. The lowest BCUT2D eigenvalue weighted by Crippen LogP contribution is -2.31. The van der Waals surface area contributed by atoms with Gasteiger partial charge in [0.15, 0.2) is 0 Å². The number of ether oxygens (including phenoxy) is 1. The molecule has 0 fully saturated rings. The molecule has 2 aliphatic rings. The standard InChI is InChI=1S/C19H16N4O2/c1-25-11-6-7-14-10(8-11)9-15-17(24)16(18(20)23(14)15)19-21-12-4-2-3-5-13(12)22-19/h2-8,15,20,24H,9H2,1H3,(H,21,22). The van der Waals surface area contributed by atoms with Crippen LogP contribution in [0.1, 0.15) is 11.4 Å². The normalized spacial score (nSPS) is 18.8. The molecule has 2 aliphatic heterocycles. The fraction of sp³-hybridized carbons (Fsp3) is 0.158. The van der Waals surface area contributed by atoms with Gasteiger partial charge in [-0.1, -0.05) is 12.1 Å². The number of hydrogen-bond donors (Lipinski definition) is 3. The number of rotatable bonds is 2. The van der Waals surface area contributed by atoms with Gasteiger partial charge in [0.05, 0.1) is 29.8 Å². The Balaban J connectivity index is 1.60. The first-order valence-electron chi connectivity index (χ1n) is 8.10. The van der Waals surface area contributed by atoms with Crippen molar-refractivity contribution in [2.75, 3.05) is 12.0 Å². The fourth-order valence-electron chi connectivity index (χ4n) is 3.76. The Labute approximate surface area is 143 Å². The summed E-state index contributed by atoms with van der Waals surface area (Å²) >= 11 is 0. The number of nitrogens with zero attached hydrogens (tertiary/aromatic N) is 2. The van der Waals surface area contributed by atoms with Crippen LogP contribution in [0.3, 0.4) is 0 Å². The van der Waals surface area contributed by atoms with Crippen molar-refractivity contribution in [1.82, 2.24) is 9.97 Å². The van der Waals surface area contributed by atoms with Gasteiger partial charge in [0, 0.05) is 12.1 Å². The zero-order valence-corrected chi connectivity index (χ0v) is 13.6. The molecule has 3 aromatic rings. The lowest BCUT2D eigenvalue weighted by atomic mass is 10.1. The van der Waals surface area contributed by atoms with E-state index in [0.29, 0.717) is 17.8 Å². The lowest BCUT2D eigenvalue weighted by molar-refractivity contribution is 0.379. The largest absolute Gasteiger partial charge is 0.509 e. The summed E-state index contributed by atoms with van der Waals surface area (Å²) in [6.07, 6.45) is 0.643. The molecule has 3 N–H and O–H groups in total. The maximum absolute atomic E-state index is 10.8. The maximum atomic E-state index is 10.8. The van der Waals surface area contributed by atoms with Crippen LogP contribution in [0.15, 0.2) is 48.2 Å². The van der Waals surface area contributed by atoms with Gasteiger partial charge in [-0.25, -0.2) is 4.98 Å². The van der Waals surface area contributed by atoms with Gasteiger partial charge in [0.25, 0.3) is 0 Å². The predicted molar refractivity (Wildman–Crippen MR) is 96.3 cm³/mol. The molecule has 0 bridgehead atoms. The third kappa shape index (κ3) is 1.85. The molecule has 1 atom stereocenters. The topological polar surface area (TPSA) is 85.2 Å². The Kier molecular flexibility index (Phi) is 2.74. The number of amidine groups is 1. The molecule has 0 saturated carbocycles. The molecule has 6 heteroatoms. The van der Waals surface area contributed by atoms with Gasteiger partial charge in [-0.2, -0.15) is 0 Å². The maximum Gasteiger partial charge on any atom is 0.145 e. The number of imidazole rings is 1. The van der Waals surface area contributed by atoms with Crippen molar-refractivity contribution < 1.29 is 9.84 Å². The molecule has 25 heavy (non-hydrogen) atoms. The van der Waals surface area contributed by atoms with E-state index >= 15 is 0 Å². The van der Waals surface area contributed by atoms with E-state index < -0.39 is 0 Å². The van der Waals surface area contributed by atoms with Crippen molar-refractivity contribution in [3.63, 3.8) is 0 Å². The number of fused-ring (bicyclic) bond motifs is 4. The molecule has 0 radical (unpaired) electrons. The van der Waals surface area contributed by atoms with E-state index in [9.17, 15) is 5.11 Å². The third-order valence-corrected chi connectivity index (χ3v) is 4.95. The van der Waals surface area contributed by atoms with E-state index in [1.807, 2.05) is 47.4 Å². The van der Waals surface area contributed by atoms with E-state index in [1.165, 1.54) is 0 Å². The van der Waals surface area contributed by atoms with Crippen LogP contribution < -0.4 is 9.64 Å². The Morgan fingerprint density at radius 3 is 2.92 bits per heavy atom. The third-order valence-electron chi connectivity index (χ3n) is 4.95. The zero-order chi connectivity index (χ0) is 17.1. The summed E-state index contributed by atoms with van der Waals surface area (Å²) in [5.74, 6) is 1.78. The minimum Gasteiger partial charge on any atom is -0.509 e. The van der Waals surface area contributed by atoms with Gasteiger partial charge in [-0.3, -0.25) is 5.41 Å². The molecule has 1 unspecified atom stereocenters. The highest BCUT2D eigenvalue weighted by Gasteiger charge is 2.44. The first kappa shape index (κ1) is 14.1. The number of nitrogens with one attached hydrogen (secondary N) is 2. The quantitative estimate of drug-likeness (QED) is 0.672. The fourth-order valence-corrected chi connectivity index (χ4v) is 3.76. The van der Waals surface area contributed by atoms with Crippen LogP contribution >= 0.6 is 0 Å². The number of methoxy groups -OCH3 is 1. The van der Waals surface area contributed by atoms with Gasteiger partial charge in [0.2, 0.25) is 0 Å². The number of hydrogen-bond acceptors (Lipinski definition) is 4. The second-order valence-corrected chi connectivity index (χ2v) is 6.30. The molecule has 2 aromatic carbocycles. The van der Waals surface area contributed by atoms with Crippen molar-refractivity contribution in [3.8, 4) is 5.75 Å². The smallest absolute Gasteiger partial charge is 0.145 e. The predicted octanol–water partition coefficient (Wildman–Crippen LogP) is 3.26. The van der Waals surface area contributed by atoms with E-state index in [0.717, 1.165) is 28.0 Å². The molecular formula is C19H16N4O2. The highest BCUT2D eigenvalue weighted by atomic mass is 16.5. The summed E-state index contributed by atoms with van der Waals surface area (Å²) in [5, 5.41) is 19.4. The van der Waals surface area contributed by atoms with Crippen LogP contribution in [0.5, 0.6) is 5.75 Å². The molecule has 0 saturated heterocycles. The summed E-state index contributed by atoms with van der Waals surface area (Å²) < 4.78 is 5.28. The molecule has 0 aliphatic carbocycles. The van der Waals surface area contributed by atoms with Crippen LogP contribution in [0, 0.1) is 5.41 Å². The van der Waals surface area contributed by atoms with Crippen molar-refractivity contribution in [1.29, 1.82) is 5.41 Å². The number of aliphatic hydroxyl groups is 1. The van der Waals surface area contributed by atoms with Crippen LogP contribution in [0.2, 0.25) is 0 Å². The minimum absolute atomic E-state index is 0.194. The van der Waals surface area contributed by atoms with Crippen LogP contribution in [-0.2, 0) is 6.42 Å². The molecule has 3 heterocycles. The average molecular weight is 332 g/mol. The van der Waals surface area contributed by atoms with Crippen molar-refractivity contribution in [3.05, 3.63) is 59.6 Å². The number of para-hydroxylation sites is 2. The summed E-state index contributed by atoms with van der Waals surface area (Å²) in [5.41, 5.74) is 4.20. The van der Waals surface area contributed by atoms with E-state index in [-0.39, 0.29) is 17.6 Å². The Morgan fingerprint density at radius 2 is 2.12 bits per heavy atom. The minimum atomic E-state index is -0.252. The van der Waals surface area contributed by atoms with E-state index in [2.05, 4.69) is 9.97 Å². The van der Waals surface area contributed by atoms with Gasteiger partial charge in [0.1, 0.15) is 23.2 Å². The molecule has 6 nitrogen and oxygen atoms in total. The highest BCUT2D eigenvalue weighted by molar-refractivity contribution is 6.31. The van der Waals surface area contributed by atoms with Crippen LogP contribution in [0.25, 0.3) is 16.6 Å². The van der Waals surface area contributed by atoms with Crippen molar-refractivity contribution >= 4 is 28.1 Å². The first-order chi connectivity index (χ1) is 12.2. The summed E-state index contributed by atoms with van der Waals surface area (Å²) in [4.78, 5) is 9.63. The number of aromatic amines is 1. The monoisotopic (exact) mass is 332 g/mol. The van der Waals surface area contributed by atoms with Gasteiger partial charge in [-0.15, -0.1) is 0 Å². The lowest BCUT2D eigenvalue weighted by Gasteiger charge is -2.19. The van der Waals surface area contributed by atoms with Crippen molar-refractivity contribution in [2.45, 2.75) is 12.5 Å². The van der Waals surface area contributed by atoms with Crippen LogP contribution in [0.4, 0.5) is 5.69 Å². The summed E-state index contributed by atoms with van der Waals surface area (Å²) in [6, 6.07) is 13.2. The van der Waals surface area contributed by atoms with Crippen LogP contribution in [-0.4, -0.2) is 34.1 Å². The van der Waals surface area contributed by atoms with E-state index in [4.69, 9.17) is 10.1 Å². The van der Waals surface area contributed by atoms with E-state index in [1.54, 1.807) is 7.11 Å². The van der Waals surface area contributed by atoms with Gasteiger partial charge >= 0.3 is 0 Å². The Morgan fingerprint density at radius 1 is 1.28 bits per heavy atom. The SMILES string of the molecule is COc1ccc2c(c1)CC1C(O)=C(c3nc4ccccc4[nH]3)C(=N)N21. The Bertz CT molecular complexity index is 1030. The summed E-state index contributed by atoms with van der Waals surface area (Å²) in [6.45, 7) is 0. The average Bonchev–Trinajstić information content (AvgIpc) is 3.27. The molecular weight excluding hydrogens is 316 g/mol. The Hall–Kier alpha value is -3.28. The van der Waals surface area contributed by atoms with Gasteiger partial charge in [-0.05, 0) is 35.9 Å². The molecule has 1 aromatic heterocycles. The molecule has 5 rings (SSSR count). The summed E-state index contributed by atoms with van der Waals surface area (Å²) in [7, 11) is 1.64. The number of aliphatic hydroxyl groups excluding tert-OH is 1.